The largest absolute Gasteiger partial charge is 0.216 e. The summed E-state index contributed by atoms with van der Waals surface area (Å²) < 4.78 is 52.1. The average Bonchev–Trinajstić information content (AvgIpc) is 3.48. The van der Waals surface area contributed by atoms with E-state index in [-0.39, 0.29) is 22.6 Å². The van der Waals surface area contributed by atoms with Crippen LogP contribution in [0.2, 0.25) is 0 Å². The molecule has 0 bridgehead atoms. The summed E-state index contributed by atoms with van der Waals surface area (Å²) in [6, 6.07) is 0.720. The molecule has 2 aliphatic carbocycles. The van der Waals surface area contributed by atoms with Gasteiger partial charge in [0.25, 0.3) is 0 Å². The van der Waals surface area contributed by atoms with Crippen molar-refractivity contribution in [2.24, 2.45) is 11.8 Å². The van der Waals surface area contributed by atoms with E-state index in [9.17, 15) is 16.8 Å². The second-order valence-electron chi connectivity index (χ2n) is 10.8. The third kappa shape index (κ3) is 8.94. The van der Waals surface area contributed by atoms with Crippen LogP contribution in [-0.4, -0.2) is 60.6 Å². The lowest BCUT2D eigenvalue weighted by Crippen LogP contribution is -2.44. The predicted molar refractivity (Wildman–Crippen MR) is 131 cm³/mol. The summed E-state index contributed by atoms with van der Waals surface area (Å²) in [7, 11) is -6.13. The van der Waals surface area contributed by atoms with Gasteiger partial charge in [-0.05, 0) is 85.0 Å². The van der Waals surface area contributed by atoms with Crippen molar-refractivity contribution in [2.75, 3.05) is 6.54 Å². The highest BCUT2D eigenvalue weighted by atomic mass is 32.2. The van der Waals surface area contributed by atoms with Crippen molar-refractivity contribution in [3.05, 3.63) is 0 Å². The topological polar surface area (TPSA) is 74.8 Å². The van der Waals surface area contributed by atoms with E-state index >= 15 is 0 Å². The summed E-state index contributed by atoms with van der Waals surface area (Å²) in [4.78, 5) is 0. The molecule has 1 atom stereocenters. The van der Waals surface area contributed by atoms with Crippen molar-refractivity contribution in [1.82, 2.24) is 8.61 Å². The first-order valence-corrected chi connectivity index (χ1v) is 15.2. The summed E-state index contributed by atoms with van der Waals surface area (Å²) >= 11 is 0. The molecule has 6 nitrogen and oxygen atoms in total. The Hall–Kier alpha value is -0.180. The average molecular weight is 481 g/mol. The molecule has 0 amide bonds. The van der Waals surface area contributed by atoms with Gasteiger partial charge >= 0.3 is 0 Å². The fourth-order valence-corrected chi connectivity index (χ4v) is 6.94. The van der Waals surface area contributed by atoms with E-state index in [0.29, 0.717) is 24.4 Å². The molecule has 2 saturated carbocycles. The highest BCUT2D eigenvalue weighted by Gasteiger charge is 2.41. The Morgan fingerprint density at radius 3 is 1.45 bits per heavy atom. The van der Waals surface area contributed by atoms with E-state index in [0.717, 1.165) is 38.5 Å². The summed E-state index contributed by atoms with van der Waals surface area (Å²) in [5.74, 6) is 1.10. The molecule has 186 valence electrons. The minimum atomic E-state index is -3.09. The van der Waals surface area contributed by atoms with Gasteiger partial charge in [0.05, 0.1) is 10.5 Å². The monoisotopic (exact) mass is 480 g/mol. The van der Waals surface area contributed by atoms with Crippen molar-refractivity contribution in [2.45, 2.75) is 129 Å². The molecule has 31 heavy (non-hydrogen) atoms. The van der Waals surface area contributed by atoms with E-state index < -0.39 is 20.0 Å². The Morgan fingerprint density at radius 2 is 1.13 bits per heavy atom. The van der Waals surface area contributed by atoms with Crippen LogP contribution < -0.4 is 0 Å². The van der Waals surface area contributed by atoms with Crippen molar-refractivity contribution >= 4 is 20.0 Å². The lowest BCUT2D eigenvalue weighted by atomic mass is 10.1. The molecule has 0 radical (unpaired) electrons. The lowest BCUT2D eigenvalue weighted by molar-refractivity contribution is 0.288. The third-order valence-corrected chi connectivity index (χ3v) is 10.6. The van der Waals surface area contributed by atoms with Crippen LogP contribution in [-0.2, 0) is 20.0 Å². The van der Waals surface area contributed by atoms with E-state index in [1.165, 1.54) is 0 Å². The minimum Gasteiger partial charge on any atom is -0.212 e. The molecule has 0 aliphatic heterocycles. The first kappa shape index (κ1) is 28.9. The van der Waals surface area contributed by atoms with Gasteiger partial charge in [0.2, 0.25) is 20.0 Å². The van der Waals surface area contributed by atoms with Crippen LogP contribution in [0.3, 0.4) is 0 Å². The SMILES string of the molecule is CC(C)CCN(C1CC1)S(=O)(=O)C(C)C.CC(C)C[C@H](C)N(C1CC1)S(=O)(=O)C(C)C. The Balaban J connectivity index is 0.000000311. The van der Waals surface area contributed by atoms with Gasteiger partial charge in [-0.25, -0.2) is 16.8 Å². The van der Waals surface area contributed by atoms with Crippen LogP contribution in [0.4, 0.5) is 0 Å². The molecule has 2 fully saturated rings. The highest BCUT2D eigenvalue weighted by molar-refractivity contribution is 7.90. The van der Waals surface area contributed by atoms with Gasteiger partial charge in [0.1, 0.15) is 0 Å². The first-order chi connectivity index (χ1) is 14.1. The Labute approximate surface area is 193 Å². The fraction of sp³-hybridized carbons (Fsp3) is 1.00. The molecule has 2 aliphatic rings. The van der Waals surface area contributed by atoms with Crippen LogP contribution in [0.1, 0.15) is 101 Å². The number of rotatable bonds is 12. The van der Waals surface area contributed by atoms with Crippen LogP contribution >= 0.6 is 0 Å². The summed E-state index contributed by atoms with van der Waals surface area (Å²) in [6.45, 7) is 18.4. The van der Waals surface area contributed by atoms with Crippen LogP contribution in [0.5, 0.6) is 0 Å². The molecule has 8 heteroatoms. The fourth-order valence-electron chi connectivity index (χ4n) is 3.71. The molecule has 0 spiro atoms. The molecule has 0 saturated heterocycles. The van der Waals surface area contributed by atoms with Gasteiger partial charge in [-0.1, -0.05) is 27.7 Å². The van der Waals surface area contributed by atoms with Gasteiger partial charge in [-0.15, -0.1) is 0 Å². The molecule has 0 N–H and O–H groups in total. The maximum Gasteiger partial charge on any atom is 0.216 e. The Morgan fingerprint density at radius 1 is 0.677 bits per heavy atom. The molecular formula is C23H48N2O4S2. The summed E-state index contributed by atoms with van der Waals surface area (Å²) in [5.41, 5.74) is 0. The molecule has 0 unspecified atom stereocenters. The molecule has 0 aromatic carbocycles. The van der Waals surface area contributed by atoms with Gasteiger partial charge in [-0.2, -0.15) is 8.61 Å². The molecule has 0 heterocycles. The Kier molecular flexibility index (Phi) is 11.0. The highest BCUT2D eigenvalue weighted by Crippen LogP contribution is 2.34. The number of hydrogen-bond acceptors (Lipinski definition) is 4. The Bertz CT molecular complexity index is 738. The van der Waals surface area contributed by atoms with Gasteiger partial charge in [0, 0.05) is 24.7 Å². The summed E-state index contributed by atoms with van der Waals surface area (Å²) in [6.07, 6.45) is 6.07. The van der Waals surface area contributed by atoms with E-state index in [1.54, 1.807) is 36.3 Å². The van der Waals surface area contributed by atoms with Crippen molar-refractivity contribution < 1.29 is 16.8 Å². The summed E-state index contributed by atoms with van der Waals surface area (Å²) in [5, 5.41) is -0.590. The maximum atomic E-state index is 12.3. The maximum absolute atomic E-state index is 12.3. The van der Waals surface area contributed by atoms with Crippen LogP contribution in [0.25, 0.3) is 0 Å². The second kappa shape index (κ2) is 11.8. The third-order valence-electron chi connectivity index (χ3n) is 5.85. The number of sulfonamides is 2. The minimum absolute atomic E-state index is 0.139. The molecular weight excluding hydrogens is 432 g/mol. The van der Waals surface area contributed by atoms with E-state index in [4.69, 9.17) is 0 Å². The quantitative estimate of drug-likeness (QED) is 0.400. The molecule has 2 rings (SSSR count). The molecule has 0 aromatic heterocycles. The van der Waals surface area contributed by atoms with Crippen molar-refractivity contribution in [1.29, 1.82) is 0 Å². The zero-order chi connectivity index (χ0) is 24.1. The lowest BCUT2D eigenvalue weighted by Gasteiger charge is -2.31. The normalized spacial score (nSPS) is 18.9. The van der Waals surface area contributed by atoms with Crippen LogP contribution in [0, 0.1) is 11.8 Å². The van der Waals surface area contributed by atoms with Gasteiger partial charge in [-0.3, -0.25) is 0 Å². The number of hydrogen-bond donors (Lipinski definition) is 0. The zero-order valence-electron chi connectivity index (χ0n) is 21.3. The van der Waals surface area contributed by atoms with Crippen LogP contribution in [0.15, 0.2) is 0 Å². The van der Waals surface area contributed by atoms with Gasteiger partial charge in [0.15, 0.2) is 0 Å². The second-order valence-corrected chi connectivity index (χ2v) is 15.6. The predicted octanol–water partition coefficient (Wildman–Crippen LogP) is 4.86. The van der Waals surface area contributed by atoms with E-state index in [2.05, 4.69) is 27.7 Å². The first-order valence-electron chi connectivity index (χ1n) is 12.1. The number of nitrogens with zero attached hydrogens (tertiary/aromatic N) is 2. The van der Waals surface area contributed by atoms with Crippen molar-refractivity contribution in [3.63, 3.8) is 0 Å². The molecule has 0 aromatic rings. The smallest absolute Gasteiger partial charge is 0.212 e. The van der Waals surface area contributed by atoms with E-state index in [1.807, 2.05) is 6.92 Å². The standard InChI is InChI=1S/C12H25NO2S.C11H23NO2S/c1-9(2)8-11(5)13(12-6-7-12)16(14,15)10(3)4;1-9(2)7-8-12(11-5-6-11)15(13,14)10(3)4/h9-12H,6-8H2,1-5H3;9-11H,5-8H2,1-4H3/t11-;/m0./s1. The van der Waals surface area contributed by atoms with Gasteiger partial charge < -0.3 is 0 Å². The zero-order valence-corrected chi connectivity index (χ0v) is 23.0. The van der Waals surface area contributed by atoms with Crippen molar-refractivity contribution in [3.8, 4) is 0 Å².